The largest absolute Gasteiger partial charge is 0.355 e. The van der Waals surface area contributed by atoms with Gasteiger partial charge in [0.2, 0.25) is 5.91 Å². The maximum atomic E-state index is 13.1. The Morgan fingerprint density at radius 2 is 1.92 bits per heavy atom. The molecule has 0 unspecified atom stereocenters. The van der Waals surface area contributed by atoms with Crippen LogP contribution in [-0.2, 0) is 10.2 Å². The first-order chi connectivity index (χ1) is 12.7. The van der Waals surface area contributed by atoms with E-state index in [1.54, 1.807) is 30.7 Å². The van der Waals surface area contributed by atoms with Crippen LogP contribution in [0.15, 0.2) is 42.9 Å². The van der Waals surface area contributed by atoms with Crippen molar-refractivity contribution in [3.05, 3.63) is 54.2 Å². The second-order valence-corrected chi connectivity index (χ2v) is 7.29. The molecule has 1 aromatic heterocycles. The van der Waals surface area contributed by atoms with Gasteiger partial charge in [0.25, 0.3) is 0 Å². The molecule has 1 amide bonds. The van der Waals surface area contributed by atoms with Gasteiger partial charge in [-0.1, -0.05) is 12.1 Å². The van der Waals surface area contributed by atoms with Gasteiger partial charge in [-0.25, -0.2) is 9.37 Å². The van der Waals surface area contributed by atoms with Gasteiger partial charge in [-0.3, -0.25) is 9.78 Å². The number of rotatable bonds is 5. The van der Waals surface area contributed by atoms with Gasteiger partial charge in [0.15, 0.2) is 0 Å². The molecule has 0 spiro atoms. The minimum absolute atomic E-state index is 0.0838. The van der Waals surface area contributed by atoms with E-state index in [1.807, 2.05) is 0 Å². The molecule has 0 radical (unpaired) electrons. The van der Waals surface area contributed by atoms with E-state index in [0.717, 1.165) is 50.2 Å². The number of amides is 1. The van der Waals surface area contributed by atoms with E-state index in [1.165, 1.54) is 12.1 Å². The third-order valence-corrected chi connectivity index (χ3v) is 5.62. The van der Waals surface area contributed by atoms with E-state index >= 15 is 0 Å². The van der Waals surface area contributed by atoms with Crippen LogP contribution in [0.25, 0.3) is 0 Å². The van der Waals surface area contributed by atoms with Crippen molar-refractivity contribution in [2.75, 3.05) is 24.5 Å². The van der Waals surface area contributed by atoms with Crippen LogP contribution in [0, 0.1) is 11.7 Å². The van der Waals surface area contributed by atoms with Crippen LogP contribution < -0.4 is 10.2 Å². The first-order valence-electron chi connectivity index (χ1n) is 9.23. The molecule has 0 bridgehead atoms. The molecule has 1 aliphatic carbocycles. The van der Waals surface area contributed by atoms with E-state index in [4.69, 9.17) is 0 Å². The van der Waals surface area contributed by atoms with Crippen molar-refractivity contribution >= 4 is 11.7 Å². The Labute approximate surface area is 152 Å². The molecule has 1 aromatic carbocycles. The van der Waals surface area contributed by atoms with Gasteiger partial charge in [-0.2, -0.15) is 0 Å². The third kappa shape index (κ3) is 3.41. The van der Waals surface area contributed by atoms with Crippen molar-refractivity contribution in [2.24, 2.45) is 5.92 Å². The number of nitrogens with zero attached hydrogens (tertiary/aromatic N) is 3. The van der Waals surface area contributed by atoms with Gasteiger partial charge in [-0.05, 0) is 49.3 Å². The standard InChI is InChI=1S/C20H23FN4O/c21-17-3-1-16(2-4-17)20(7-8-20)19(26)24-13-15-5-11-25(12-6-15)18-14-22-9-10-23-18/h1-4,9-10,14-15H,5-8,11-13H2,(H,24,26). The third-order valence-electron chi connectivity index (χ3n) is 5.62. The topological polar surface area (TPSA) is 58.1 Å². The van der Waals surface area contributed by atoms with Gasteiger partial charge in [-0.15, -0.1) is 0 Å². The van der Waals surface area contributed by atoms with Crippen molar-refractivity contribution in [2.45, 2.75) is 31.1 Å². The second-order valence-electron chi connectivity index (χ2n) is 7.29. The normalized spacial score (nSPS) is 19.2. The molecule has 1 saturated heterocycles. The van der Waals surface area contributed by atoms with Crippen molar-refractivity contribution in [1.82, 2.24) is 15.3 Å². The van der Waals surface area contributed by atoms with Crippen molar-refractivity contribution in [3.8, 4) is 0 Å². The molecule has 1 N–H and O–H groups in total. The molecule has 6 heteroatoms. The summed E-state index contributed by atoms with van der Waals surface area (Å²) in [5.41, 5.74) is 0.488. The van der Waals surface area contributed by atoms with Crippen LogP contribution in [0.2, 0.25) is 0 Å². The number of carbonyl (C=O) groups is 1. The summed E-state index contributed by atoms with van der Waals surface area (Å²) in [6.07, 6.45) is 8.93. The van der Waals surface area contributed by atoms with Gasteiger partial charge in [0.1, 0.15) is 11.6 Å². The van der Waals surface area contributed by atoms with Crippen LogP contribution in [0.5, 0.6) is 0 Å². The summed E-state index contributed by atoms with van der Waals surface area (Å²) in [5.74, 6) is 1.22. The lowest BCUT2D eigenvalue weighted by molar-refractivity contribution is -0.123. The summed E-state index contributed by atoms with van der Waals surface area (Å²) >= 11 is 0. The SMILES string of the molecule is O=C(NCC1CCN(c2cnccn2)CC1)C1(c2ccc(F)cc2)CC1. The lowest BCUT2D eigenvalue weighted by atomic mass is 9.93. The zero-order chi connectivity index (χ0) is 18.0. The monoisotopic (exact) mass is 354 g/mol. The van der Waals surface area contributed by atoms with Crippen molar-refractivity contribution in [3.63, 3.8) is 0 Å². The predicted octanol–water partition coefficient (Wildman–Crippen LogP) is 2.68. The molecule has 1 aliphatic heterocycles. The number of nitrogens with one attached hydrogen (secondary N) is 1. The number of carbonyl (C=O) groups excluding carboxylic acids is 1. The number of benzene rings is 1. The van der Waals surface area contributed by atoms with Gasteiger partial charge in [0.05, 0.1) is 11.6 Å². The Kier molecular flexibility index (Phi) is 4.57. The van der Waals surface area contributed by atoms with E-state index in [2.05, 4.69) is 20.2 Å². The molecular weight excluding hydrogens is 331 g/mol. The number of anilines is 1. The Morgan fingerprint density at radius 1 is 1.19 bits per heavy atom. The predicted molar refractivity (Wildman–Crippen MR) is 97.3 cm³/mol. The Hall–Kier alpha value is -2.50. The Balaban J connectivity index is 1.28. The lowest BCUT2D eigenvalue weighted by Crippen LogP contribution is -2.41. The molecule has 2 aliphatic rings. The number of piperidine rings is 1. The van der Waals surface area contributed by atoms with E-state index < -0.39 is 5.41 Å². The Morgan fingerprint density at radius 3 is 2.54 bits per heavy atom. The van der Waals surface area contributed by atoms with Crippen molar-refractivity contribution in [1.29, 1.82) is 0 Å². The quantitative estimate of drug-likeness (QED) is 0.897. The lowest BCUT2D eigenvalue weighted by Gasteiger charge is -2.32. The number of hydrogen-bond donors (Lipinski definition) is 1. The molecule has 1 saturated carbocycles. The molecule has 26 heavy (non-hydrogen) atoms. The fraction of sp³-hybridized carbons (Fsp3) is 0.450. The minimum atomic E-state index is -0.436. The van der Waals surface area contributed by atoms with Gasteiger partial charge < -0.3 is 10.2 Å². The summed E-state index contributed by atoms with van der Waals surface area (Å²) < 4.78 is 13.1. The van der Waals surface area contributed by atoms with Crippen LogP contribution >= 0.6 is 0 Å². The number of halogens is 1. The highest BCUT2D eigenvalue weighted by molar-refractivity contribution is 5.91. The first kappa shape index (κ1) is 16.9. The van der Waals surface area contributed by atoms with Crippen molar-refractivity contribution < 1.29 is 9.18 Å². The maximum Gasteiger partial charge on any atom is 0.230 e. The smallest absolute Gasteiger partial charge is 0.230 e. The van der Waals surface area contributed by atoms with E-state index in [0.29, 0.717) is 12.5 Å². The summed E-state index contributed by atoms with van der Waals surface area (Å²) in [6, 6.07) is 6.35. The fourth-order valence-electron chi connectivity index (χ4n) is 3.77. The summed E-state index contributed by atoms with van der Waals surface area (Å²) in [6.45, 7) is 2.57. The molecule has 2 heterocycles. The van der Waals surface area contributed by atoms with Crippen LogP contribution in [0.3, 0.4) is 0 Å². The summed E-state index contributed by atoms with van der Waals surface area (Å²) in [4.78, 5) is 23.4. The highest BCUT2D eigenvalue weighted by Gasteiger charge is 2.51. The zero-order valence-electron chi connectivity index (χ0n) is 14.7. The van der Waals surface area contributed by atoms with Crippen LogP contribution in [-0.4, -0.2) is 35.5 Å². The van der Waals surface area contributed by atoms with E-state index in [9.17, 15) is 9.18 Å². The highest BCUT2D eigenvalue weighted by atomic mass is 19.1. The highest BCUT2D eigenvalue weighted by Crippen LogP contribution is 2.48. The average molecular weight is 354 g/mol. The number of aromatic nitrogens is 2. The molecule has 0 atom stereocenters. The molecule has 136 valence electrons. The fourth-order valence-corrected chi connectivity index (χ4v) is 3.77. The first-order valence-corrected chi connectivity index (χ1v) is 9.23. The van der Waals surface area contributed by atoms with Gasteiger partial charge >= 0.3 is 0 Å². The van der Waals surface area contributed by atoms with E-state index in [-0.39, 0.29) is 11.7 Å². The molecule has 5 nitrogen and oxygen atoms in total. The van der Waals surface area contributed by atoms with Crippen LogP contribution in [0.1, 0.15) is 31.2 Å². The van der Waals surface area contributed by atoms with Crippen LogP contribution in [0.4, 0.5) is 10.2 Å². The zero-order valence-corrected chi connectivity index (χ0v) is 14.7. The van der Waals surface area contributed by atoms with Gasteiger partial charge in [0, 0.05) is 32.0 Å². The average Bonchev–Trinajstić information content (AvgIpc) is 3.50. The maximum absolute atomic E-state index is 13.1. The molecule has 4 rings (SSSR count). The second kappa shape index (κ2) is 7.02. The summed E-state index contributed by atoms with van der Waals surface area (Å²) in [5, 5.41) is 3.14. The molecule has 2 aromatic rings. The molecule has 2 fully saturated rings. The number of hydrogen-bond acceptors (Lipinski definition) is 4. The Bertz CT molecular complexity index is 753. The minimum Gasteiger partial charge on any atom is -0.355 e. The summed E-state index contributed by atoms with van der Waals surface area (Å²) in [7, 11) is 0. The molecular formula is C20H23FN4O.